The van der Waals surface area contributed by atoms with Crippen molar-refractivity contribution >= 4 is 57.8 Å². The third kappa shape index (κ3) is 5.90. The van der Waals surface area contributed by atoms with Gasteiger partial charge in [-0.05, 0) is 11.6 Å². The number of hydrogen-bond acceptors (Lipinski definition) is 12. The summed E-state index contributed by atoms with van der Waals surface area (Å²) >= 11 is 2.36. The maximum atomic E-state index is 12.7. The van der Waals surface area contributed by atoms with Crippen LogP contribution in [0.2, 0.25) is 0 Å². The Morgan fingerprint density at radius 2 is 2.18 bits per heavy atom. The van der Waals surface area contributed by atoms with E-state index in [0.717, 1.165) is 16.2 Å². The minimum Gasteiger partial charge on any atom is -0.543 e. The van der Waals surface area contributed by atoms with Crippen LogP contribution >= 0.6 is 23.1 Å². The van der Waals surface area contributed by atoms with Gasteiger partial charge >= 0.3 is 35.7 Å². The first-order valence-electron chi connectivity index (χ1n) is 9.32. The van der Waals surface area contributed by atoms with Gasteiger partial charge in [0.05, 0.1) is 11.7 Å². The Labute approximate surface area is 224 Å². The Bertz CT molecular complexity index is 1070. The Kier molecular flexibility index (Phi) is 9.93. The molecular weight excluding hydrogens is 499 g/mol. The fraction of sp³-hybridized carbons (Fsp3) is 0.333. The maximum Gasteiger partial charge on any atom is 1.00 e. The van der Waals surface area contributed by atoms with Gasteiger partial charge in [0, 0.05) is 18.2 Å². The summed E-state index contributed by atoms with van der Waals surface area (Å²) in [7, 11) is 2.66. The standard InChI is InChI=1S/C18H20N6O7S2.Na/c1-20-18(29)31-5-3-4-8-6-32-15-11(14(26)24(15)12(8)16(27)28)22-13(25)10(23-30-2)9-7-33-17(19)21-9;/h3-4,7,11,15H,5-6H2,1-2H3,(H2,19,21)(H,20,29)(H,22,25)(H,27,28);/q;+1/p-1/b4-3-,23-10-;/t11?,15-;/m0./s1. The van der Waals surface area contributed by atoms with Crippen LogP contribution in [0.4, 0.5) is 9.93 Å². The van der Waals surface area contributed by atoms with Crippen molar-refractivity contribution < 1.29 is 63.4 Å². The molecule has 0 spiro atoms. The molecule has 16 heteroatoms. The summed E-state index contributed by atoms with van der Waals surface area (Å²) in [5, 5.41) is 21.3. The number of nitrogen functional groups attached to an aromatic ring is 1. The second kappa shape index (κ2) is 12.2. The number of nitrogens with one attached hydrogen (secondary N) is 2. The van der Waals surface area contributed by atoms with Gasteiger partial charge in [-0.25, -0.2) is 9.78 Å². The zero-order valence-corrected chi connectivity index (χ0v) is 22.0. The average Bonchev–Trinajstić information content (AvgIpc) is 3.23. The third-order valence-electron chi connectivity index (χ3n) is 4.47. The largest absolute Gasteiger partial charge is 1.00 e. The molecule has 34 heavy (non-hydrogen) atoms. The van der Waals surface area contributed by atoms with Crippen molar-refractivity contribution in [2.24, 2.45) is 5.16 Å². The topological polar surface area (TPSA) is 188 Å². The number of allylic oxidation sites excluding steroid dienone is 1. The van der Waals surface area contributed by atoms with Gasteiger partial charge in [0.25, 0.3) is 11.8 Å². The summed E-state index contributed by atoms with van der Waals surface area (Å²) in [6, 6.07) is -0.989. The quantitative estimate of drug-likeness (QED) is 0.131. The Hall–Kier alpha value is -2.59. The van der Waals surface area contributed by atoms with Crippen LogP contribution in [0, 0.1) is 0 Å². The number of nitrogens with two attached hydrogens (primary N) is 1. The molecule has 0 bridgehead atoms. The molecule has 0 radical (unpaired) electrons. The van der Waals surface area contributed by atoms with Crippen LogP contribution in [0.5, 0.6) is 0 Å². The number of amides is 3. The number of alkyl carbamates (subject to hydrolysis) is 1. The number of rotatable bonds is 8. The number of carboxylic acid groups (broad SMARTS) is 1. The molecule has 1 unspecified atom stereocenters. The summed E-state index contributed by atoms with van der Waals surface area (Å²) in [4.78, 5) is 58.0. The van der Waals surface area contributed by atoms with Gasteiger partial charge in [0.1, 0.15) is 30.8 Å². The minimum atomic E-state index is -1.54. The van der Waals surface area contributed by atoms with E-state index in [9.17, 15) is 24.3 Å². The van der Waals surface area contributed by atoms with E-state index in [0.29, 0.717) is 5.57 Å². The van der Waals surface area contributed by atoms with Crippen LogP contribution in [-0.2, 0) is 24.0 Å². The predicted octanol–water partition coefficient (Wildman–Crippen LogP) is -4.60. The number of nitrogens with zero attached hydrogens (tertiary/aromatic N) is 3. The second-order valence-corrected chi connectivity index (χ2v) is 8.46. The molecule has 4 N–H and O–H groups in total. The van der Waals surface area contributed by atoms with Gasteiger partial charge in [-0.3, -0.25) is 14.5 Å². The van der Waals surface area contributed by atoms with E-state index in [-0.39, 0.29) is 64.2 Å². The number of aromatic nitrogens is 1. The molecule has 2 aliphatic rings. The number of carbonyl (C=O) groups is 4. The van der Waals surface area contributed by atoms with Gasteiger partial charge in [-0.1, -0.05) is 11.2 Å². The molecule has 2 atom stereocenters. The number of aliphatic carboxylic acids is 1. The summed E-state index contributed by atoms with van der Waals surface area (Å²) < 4.78 is 4.81. The van der Waals surface area contributed by atoms with Crippen LogP contribution < -0.4 is 51.0 Å². The average molecular weight is 519 g/mol. The van der Waals surface area contributed by atoms with E-state index in [2.05, 4.69) is 20.8 Å². The number of carbonyl (C=O) groups excluding carboxylic acids is 4. The van der Waals surface area contributed by atoms with Crippen molar-refractivity contribution in [3.63, 3.8) is 0 Å². The van der Waals surface area contributed by atoms with E-state index >= 15 is 0 Å². The number of anilines is 1. The van der Waals surface area contributed by atoms with Gasteiger partial charge in [0.15, 0.2) is 10.8 Å². The molecule has 0 aliphatic carbocycles. The molecule has 1 aromatic rings. The summed E-state index contributed by atoms with van der Waals surface area (Å²) in [5.41, 5.74) is 5.62. The smallest absolute Gasteiger partial charge is 0.543 e. The monoisotopic (exact) mass is 518 g/mol. The third-order valence-corrected chi connectivity index (χ3v) is 6.45. The zero-order chi connectivity index (χ0) is 24.1. The van der Waals surface area contributed by atoms with Crippen LogP contribution in [0.15, 0.2) is 34.0 Å². The van der Waals surface area contributed by atoms with Crippen molar-refractivity contribution in [3.8, 4) is 0 Å². The van der Waals surface area contributed by atoms with Crippen LogP contribution in [0.3, 0.4) is 0 Å². The number of hydrogen-bond donors (Lipinski definition) is 3. The first-order chi connectivity index (χ1) is 15.8. The summed E-state index contributed by atoms with van der Waals surface area (Å²) in [6.07, 6.45) is 2.26. The zero-order valence-electron chi connectivity index (χ0n) is 18.4. The van der Waals surface area contributed by atoms with Crippen LogP contribution in [-0.4, -0.2) is 77.4 Å². The molecule has 1 aromatic heterocycles. The van der Waals surface area contributed by atoms with E-state index in [4.69, 9.17) is 15.3 Å². The molecule has 176 valence electrons. The van der Waals surface area contributed by atoms with Gasteiger partial charge in [-0.2, -0.15) is 0 Å². The molecular formula is C18H19N6NaO7S2. The molecule has 3 amide bonds. The predicted molar refractivity (Wildman–Crippen MR) is 117 cm³/mol. The van der Waals surface area contributed by atoms with Crippen molar-refractivity contribution in [2.75, 3.05) is 32.3 Å². The minimum absolute atomic E-state index is 0. The summed E-state index contributed by atoms with van der Waals surface area (Å²) in [6.45, 7) is -0.0903. The first kappa shape index (κ1) is 27.7. The van der Waals surface area contributed by atoms with Crippen molar-refractivity contribution in [3.05, 3.63) is 34.5 Å². The first-order valence-corrected chi connectivity index (χ1v) is 11.2. The van der Waals surface area contributed by atoms with Crippen molar-refractivity contribution in [1.82, 2.24) is 20.5 Å². The fourth-order valence-corrected chi connectivity index (χ4v) is 4.91. The molecule has 1 saturated heterocycles. The Morgan fingerprint density at radius 1 is 1.44 bits per heavy atom. The van der Waals surface area contributed by atoms with Crippen LogP contribution in [0.25, 0.3) is 0 Å². The van der Waals surface area contributed by atoms with E-state index in [1.165, 1.54) is 43.5 Å². The number of thioether (sulfide) groups is 1. The molecule has 13 nitrogen and oxygen atoms in total. The fourth-order valence-electron chi connectivity index (χ4n) is 3.05. The maximum absolute atomic E-state index is 12.7. The van der Waals surface area contributed by atoms with Gasteiger partial charge < -0.3 is 35.8 Å². The SMILES string of the molecule is CNC(=O)OC/C=C\C1=C(C(=O)[O-])N2C(=O)C(NC(=O)/C(=N\OC)c3csc(N)n3)[C@@H]2SC1.[Na+]. The number of ether oxygens (including phenoxy) is 1. The Morgan fingerprint density at radius 3 is 2.76 bits per heavy atom. The van der Waals surface area contributed by atoms with Crippen molar-refractivity contribution in [2.45, 2.75) is 11.4 Å². The number of β-lactam (4-membered cyclic amide) rings is 1. The molecule has 0 saturated carbocycles. The normalized spacial score (nSPS) is 19.6. The van der Waals surface area contributed by atoms with Crippen molar-refractivity contribution in [1.29, 1.82) is 0 Å². The number of thiazole rings is 1. The van der Waals surface area contributed by atoms with Crippen LogP contribution in [0.1, 0.15) is 5.69 Å². The Balaban J connectivity index is 0.00000408. The summed E-state index contributed by atoms with van der Waals surface area (Å²) in [5.74, 6) is -2.66. The van der Waals surface area contributed by atoms with Gasteiger partial charge in [0.2, 0.25) is 0 Å². The molecule has 3 rings (SSSR count). The number of carboxylic acids is 1. The number of oxime groups is 1. The van der Waals surface area contributed by atoms with E-state index in [1.54, 1.807) is 0 Å². The van der Waals surface area contributed by atoms with Gasteiger partial charge in [-0.15, -0.1) is 23.1 Å². The molecule has 3 heterocycles. The number of fused-ring (bicyclic) bond motifs is 1. The molecule has 2 aliphatic heterocycles. The molecule has 0 aromatic carbocycles. The van der Waals surface area contributed by atoms with E-state index in [1.807, 2.05) is 0 Å². The van der Waals surface area contributed by atoms with E-state index < -0.39 is 35.3 Å². The molecule has 1 fully saturated rings. The second-order valence-electron chi connectivity index (χ2n) is 6.47.